The minimum Gasteiger partial charge on any atom is -0.463 e. The predicted octanol–water partition coefficient (Wildman–Crippen LogP) is 3.18. The van der Waals surface area contributed by atoms with Gasteiger partial charge in [-0.1, -0.05) is 17.7 Å². The Hall–Kier alpha value is -2.41. The van der Waals surface area contributed by atoms with Gasteiger partial charge in [0.05, 0.1) is 12.2 Å². The first-order valence-corrected chi connectivity index (χ1v) is 12.8. The summed E-state index contributed by atoms with van der Waals surface area (Å²) in [5.41, 5.74) is 1.01. The number of hydrogen-bond donors (Lipinski definition) is 1. The third kappa shape index (κ3) is 4.79. The highest BCUT2D eigenvalue weighted by Gasteiger charge is 2.43. The number of hydrogen-bond acceptors (Lipinski definition) is 8. The molecule has 4 rings (SSSR count). The molecule has 0 saturated carbocycles. The van der Waals surface area contributed by atoms with Crippen LogP contribution in [0.25, 0.3) is 0 Å². The lowest BCUT2D eigenvalue weighted by Crippen LogP contribution is -2.40. The molecular weight excluding hydrogens is 498 g/mol. The van der Waals surface area contributed by atoms with Crippen LogP contribution in [0.1, 0.15) is 30.0 Å². The third-order valence-corrected chi connectivity index (χ3v) is 7.20. The van der Waals surface area contributed by atoms with Crippen LogP contribution in [0.5, 0.6) is 0 Å². The number of amidine groups is 1. The molecule has 176 valence electrons. The number of nitrogens with zero attached hydrogens (tertiary/aromatic N) is 3. The van der Waals surface area contributed by atoms with Crippen molar-refractivity contribution in [2.75, 3.05) is 19.2 Å². The highest BCUT2D eigenvalue weighted by Crippen LogP contribution is 2.42. The maximum absolute atomic E-state index is 13.7. The minimum absolute atomic E-state index is 0.0748. The number of ether oxygens (including phenoxy) is 1. The zero-order valence-electron chi connectivity index (χ0n) is 17.3. The van der Waals surface area contributed by atoms with Crippen LogP contribution in [0.4, 0.5) is 8.78 Å². The summed E-state index contributed by atoms with van der Waals surface area (Å²) in [5.74, 6) is -0.795. The molecule has 0 radical (unpaired) electrons. The van der Waals surface area contributed by atoms with Crippen LogP contribution in [-0.2, 0) is 19.6 Å². The summed E-state index contributed by atoms with van der Waals surface area (Å²) in [6.07, 6.45) is 1.68. The number of thiazole rings is 1. The largest absolute Gasteiger partial charge is 0.463 e. The number of nitrogens with one attached hydrogen (secondary N) is 1. The predicted molar refractivity (Wildman–Crippen MR) is 120 cm³/mol. The topological polar surface area (TPSA) is 101 Å². The van der Waals surface area contributed by atoms with Crippen LogP contribution >= 0.6 is 22.9 Å². The van der Waals surface area contributed by atoms with Crippen molar-refractivity contribution >= 4 is 44.8 Å². The molecular formula is C20H19ClF2N4O4S2. The van der Waals surface area contributed by atoms with Gasteiger partial charge in [0.15, 0.2) is 10.8 Å². The molecule has 8 nitrogen and oxygen atoms in total. The van der Waals surface area contributed by atoms with Gasteiger partial charge in [0.1, 0.15) is 11.9 Å². The summed E-state index contributed by atoms with van der Waals surface area (Å²) in [6, 6.07) is 0.582. The highest BCUT2D eigenvalue weighted by molar-refractivity contribution is 7.89. The van der Waals surface area contributed by atoms with Gasteiger partial charge < -0.3 is 9.64 Å². The van der Waals surface area contributed by atoms with Crippen LogP contribution in [0.2, 0.25) is 5.02 Å². The number of fused-ring (bicyclic) bond motifs is 1. The first kappa shape index (κ1) is 23.7. The number of benzene rings is 1. The lowest BCUT2D eigenvalue weighted by atomic mass is 9.94. The summed E-state index contributed by atoms with van der Waals surface area (Å²) in [6.45, 7) is 1.86. The summed E-state index contributed by atoms with van der Waals surface area (Å²) >= 11 is 7.62. The minimum atomic E-state index is -4.14. The van der Waals surface area contributed by atoms with E-state index < -0.39 is 39.9 Å². The lowest BCUT2D eigenvalue weighted by Gasteiger charge is -2.31. The molecule has 0 spiro atoms. The smallest absolute Gasteiger partial charge is 0.338 e. The average Bonchev–Trinajstić information content (AvgIpc) is 3.42. The fourth-order valence-corrected chi connectivity index (χ4v) is 5.52. The Bertz CT molecular complexity index is 1230. The monoisotopic (exact) mass is 516 g/mol. The van der Waals surface area contributed by atoms with E-state index in [1.54, 1.807) is 23.4 Å². The number of carbonyl (C=O) groups is 1. The fraction of sp³-hybridized carbons (Fsp3) is 0.350. The second-order valence-electron chi connectivity index (χ2n) is 7.29. The molecule has 2 aromatic rings. The van der Waals surface area contributed by atoms with E-state index in [1.807, 2.05) is 0 Å². The molecule has 0 bridgehead atoms. The maximum Gasteiger partial charge on any atom is 0.338 e. The molecule has 1 N–H and O–H groups in total. The van der Waals surface area contributed by atoms with E-state index >= 15 is 0 Å². The van der Waals surface area contributed by atoms with Crippen molar-refractivity contribution in [2.24, 2.45) is 4.99 Å². The number of esters is 1. The van der Waals surface area contributed by atoms with E-state index in [9.17, 15) is 22.0 Å². The molecule has 2 aliphatic heterocycles. The zero-order chi connectivity index (χ0) is 23.8. The van der Waals surface area contributed by atoms with Crippen LogP contribution in [0, 0.1) is 5.82 Å². The third-order valence-electron chi connectivity index (χ3n) is 5.13. The normalized spacial score (nSPS) is 20.6. The van der Waals surface area contributed by atoms with E-state index in [4.69, 9.17) is 21.3 Å². The van der Waals surface area contributed by atoms with Crippen molar-refractivity contribution in [3.63, 3.8) is 0 Å². The van der Waals surface area contributed by atoms with Gasteiger partial charge in [0.25, 0.3) is 0 Å². The molecule has 1 fully saturated rings. The summed E-state index contributed by atoms with van der Waals surface area (Å²) in [7, 11) is -4.14. The standard InChI is InChI=1S/C20H19ClF2N4O4S2/c1-2-31-20(28)16-15-8-12(26-33(29,30)10-22)9-27(15)18(19-24-5-6-32-19)25-17(16)13-4-3-11(23)7-14(13)21/h3-7,12,17,26H,2,8-10H2,1H3/t12-,17-/m0/s1. The van der Waals surface area contributed by atoms with E-state index in [0.29, 0.717) is 22.1 Å². The van der Waals surface area contributed by atoms with Gasteiger partial charge in [-0.05, 0) is 19.1 Å². The van der Waals surface area contributed by atoms with Crippen molar-refractivity contribution < 1.29 is 26.7 Å². The second kappa shape index (κ2) is 9.45. The van der Waals surface area contributed by atoms with Gasteiger partial charge in [0.2, 0.25) is 16.0 Å². The molecule has 2 atom stereocenters. The Morgan fingerprint density at radius 3 is 2.85 bits per heavy atom. The van der Waals surface area contributed by atoms with E-state index in [1.165, 1.54) is 23.5 Å². The maximum atomic E-state index is 13.7. The molecule has 1 aromatic carbocycles. The van der Waals surface area contributed by atoms with Crippen LogP contribution < -0.4 is 4.72 Å². The van der Waals surface area contributed by atoms with Crippen LogP contribution in [0.3, 0.4) is 0 Å². The van der Waals surface area contributed by atoms with E-state index in [2.05, 4.69) is 9.71 Å². The zero-order valence-corrected chi connectivity index (χ0v) is 19.7. The van der Waals surface area contributed by atoms with Crippen LogP contribution in [0.15, 0.2) is 46.0 Å². The fourth-order valence-electron chi connectivity index (χ4n) is 3.88. The highest BCUT2D eigenvalue weighted by atomic mass is 35.5. The van der Waals surface area contributed by atoms with Crippen molar-refractivity contribution in [2.45, 2.75) is 25.4 Å². The Balaban J connectivity index is 1.88. The molecule has 0 amide bonds. The molecule has 13 heteroatoms. The number of rotatable bonds is 7. The van der Waals surface area contributed by atoms with E-state index in [0.717, 1.165) is 6.07 Å². The van der Waals surface area contributed by atoms with Gasteiger partial charge in [-0.25, -0.2) is 31.7 Å². The number of alkyl halides is 1. The first-order valence-electron chi connectivity index (χ1n) is 9.90. The molecule has 3 heterocycles. The van der Waals surface area contributed by atoms with Gasteiger partial charge in [0, 0.05) is 46.9 Å². The van der Waals surface area contributed by atoms with Crippen molar-refractivity contribution in [1.29, 1.82) is 0 Å². The number of aliphatic imine (C=N–C) groups is 1. The Morgan fingerprint density at radius 2 is 2.21 bits per heavy atom. The summed E-state index contributed by atoms with van der Waals surface area (Å²) in [4.78, 5) is 23.8. The quantitative estimate of drug-likeness (QED) is 0.567. The van der Waals surface area contributed by atoms with Gasteiger partial charge >= 0.3 is 5.97 Å². The molecule has 2 aliphatic rings. The van der Waals surface area contributed by atoms with Crippen molar-refractivity contribution in [3.05, 3.63) is 62.5 Å². The molecule has 0 unspecified atom stereocenters. The Morgan fingerprint density at radius 1 is 1.42 bits per heavy atom. The van der Waals surface area contributed by atoms with Gasteiger partial charge in [-0.15, -0.1) is 11.3 Å². The number of aromatic nitrogens is 1. The second-order valence-corrected chi connectivity index (χ2v) is 10.3. The van der Waals surface area contributed by atoms with Gasteiger partial charge in [-0.2, -0.15) is 0 Å². The number of carbonyl (C=O) groups excluding carboxylic acids is 1. The first-order chi connectivity index (χ1) is 15.7. The number of halogens is 3. The molecule has 1 saturated heterocycles. The SMILES string of the molecule is CCOC(=O)C1=C2C[C@H](NS(=O)(=O)CF)CN2C(c2nccs2)=N[C@H]1c1ccc(F)cc1Cl. The Kier molecular flexibility index (Phi) is 6.80. The molecule has 33 heavy (non-hydrogen) atoms. The average molecular weight is 517 g/mol. The summed E-state index contributed by atoms with van der Waals surface area (Å²) in [5, 5.41) is 2.36. The lowest BCUT2D eigenvalue weighted by molar-refractivity contribution is -0.139. The van der Waals surface area contributed by atoms with Gasteiger partial charge in [-0.3, -0.25) is 4.99 Å². The number of sulfonamides is 1. The molecule has 0 aliphatic carbocycles. The van der Waals surface area contributed by atoms with E-state index in [-0.39, 0.29) is 30.2 Å². The molecule has 1 aromatic heterocycles. The van der Waals surface area contributed by atoms with Crippen LogP contribution in [-0.4, -0.2) is 55.3 Å². The Labute approximate surface area is 198 Å². The summed E-state index contributed by atoms with van der Waals surface area (Å²) < 4.78 is 57.9. The van der Waals surface area contributed by atoms with Crippen molar-refractivity contribution in [1.82, 2.24) is 14.6 Å². The van der Waals surface area contributed by atoms with Crippen molar-refractivity contribution in [3.8, 4) is 0 Å².